The lowest BCUT2D eigenvalue weighted by Crippen LogP contribution is -1.81. The van der Waals surface area contributed by atoms with Gasteiger partial charge < -0.3 is 0 Å². The molecule has 2 heteroatoms. The summed E-state index contributed by atoms with van der Waals surface area (Å²) in [6, 6.07) is 6.13. The van der Waals surface area contributed by atoms with E-state index in [2.05, 4.69) is 23.7 Å². The Bertz CT molecular complexity index is 224. The lowest BCUT2D eigenvalue weighted by molar-refractivity contribution is 1.02. The van der Waals surface area contributed by atoms with E-state index < -0.39 is 0 Å². The van der Waals surface area contributed by atoms with Gasteiger partial charge in [-0.3, -0.25) is 4.98 Å². The summed E-state index contributed by atoms with van der Waals surface area (Å²) in [4.78, 5) is 4.24. The molecule has 0 atom stereocenters. The zero-order valence-electron chi connectivity index (χ0n) is 6.27. The van der Waals surface area contributed by atoms with Crippen molar-refractivity contribution in [2.45, 2.75) is 18.8 Å². The van der Waals surface area contributed by atoms with Crippen molar-refractivity contribution in [2.24, 2.45) is 0 Å². The third kappa shape index (κ3) is 2.05. The molecule has 0 aliphatic heterocycles. The first kappa shape index (κ1) is 7.74. The van der Waals surface area contributed by atoms with E-state index in [-0.39, 0.29) is 0 Å². The van der Waals surface area contributed by atoms with Crippen LogP contribution in [-0.4, -0.2) is 4.98 Å². The van der Waals surface area contributed by atoms with E-state index in [1.165, 1.54) is 18.5 Å². The summed E-state index contributed by atoms with van der Waals surface area (Å²) in [5.41, 5.74) is 1.28. The average Bonchev–Trinajstić information content (AvgIpc) is 2.92. The molecular weight excluding hydrogens is 136 g/mol. The molecule has 0 unspecified atom stereocenters. The van der Waals surface area contributed by atoms with E-state index in [9.17, 15) is 0 Å². The number of rotatable bonds is 1. The van der Waals surface area contributed by atoms with E-state index in [1.807, 2.05) is 12.3 Å². The fourth-order valence-corrected chi connectivity index (χ4v) is 0.997. The third-order valence-corrected chi connectivity index (χ3v) is 1.68. The van der Waals surface area contributed by atoms with E-state index in [0.717, 1.165) is 5.92 Å². The van der Waals surface area contributed by atoms with Crippen LogP contribution in [0, 0.1) is 11.8 Å². The normalized spacial score (nSPS) is 14.7. The second kappa shape index (κ2) is 3.72. The maximum Gasteiger partial charge on any atom is 0.0462 e. The Labute approximate surface area is 66.5 Å². The van der Waals surface area contributed by atoms with Crippen LogP contribution in [0.25, 0.3) is 0 Å². The zero-order valence-corrected chi connectivity index (χ0v) is 6.27. The minimum atomic E-state index is 0.797. The van der Waals surface area contributed by atoms with Crippen LogP contribution < -0.4 is 0 Å². The highest BCUT2D eigenvalue weighted by Gasteiger charge is 2.23. The number of aromatic nitrogens is 1. The third-order valence-electron chi connectivity index (χ3n) is 1.68. The molecule has 1 aromatic heterocycles. The molecule has 2 rings (SSSR count). The van der Waals surface area contributed by atoms with Crippen molar-refractivity contribution < 1.29 is 0 Å². The number of hydrogen-bond acceptors (Lipinski definition) is 2. The van der Waals surface area contributed by atoms with Gasteiger partial charge in [-0.15, -0.1) is 0 Å². The second-order valence-electron chi connectivity index (χ2n) is 2.53. The van der Waals surface area contributed by atoms with Crippen molar-refractivity contribution in [1.82, 2.24) is 4.98 Å². The summed E-state index contributed by atoms with van der Waals surface area (Å²) in [6.45, 7) is 3.50. The van der Waals surface area contributed by atoms with Crippen LogP contribution in [0.2, 0.25) is 0 Å². The van der Waals surface area contributed by atoms with Gasteiger partial charge in [0, 0.05) is 24.4 Å². The van der Waals surface area contributed by atoms with Gasteiger partial charge in [-0.05, 0) is 25.0 Å². The Kier molecular flexibility index (Phi) is 2.62. The standard InChI is InChI=1S/C8H9N.CHN/c1-2-6-9-8(3-1)7-4-5-7;1-2/h1-3,6-7H,4-5H2;1H. The summed E-state index contributed by atoms with van der Waals surface area (Å²) in [6.07, 6.45) is 4.56. The van der Waals surface area contributed by atoms with Crippen LogP contribution in [0.5, 0.6) is 0 Å². The molecule has 0 N–H and O–H groups in total. The second-order valence-corrected chi connectivity index (χ2v) is 2.53. The number of nitriles is 1. The summed E-state index contributed by atoms with van der Waals surface area (Å²) >= 11 is 0. The van der Waals surface area contributed by atoms with E-state index in [4.69, 9.17) is 5.26 Å². The van der Waals surface area contributed by atoms with Crippen LogP contribution >= 0.6 is 0 Å². The monoisotopic (exact) mass is 146 g/mol. The van der Waals surface area contributed by atoms with Crippen molar-refractivity contribution in [1.29, 1.82) is 5.26 Å². The summed E-state index contributed by atoms with van der Waals surface area (Å²) < 4.78 is 0. The molecule has 0 radical (unpaired) electrons. The number of hydrogen-bond donors (Lipinski definition) is 0. The van der Waals surface area contributed by atoms with Gasteiger partial charge >= 0.3 is 0 Å². The van der Waals surface area contributed by atoms with Crippen LogP contribution in [0.3, 0.4) is 0 Å². The highest BCUT2D eigenvalue weighted by molar-refractivity contribution is 5.14. The maximum absolute atomic E-state index is 6.50. The Morgan fingerprint density at radius 2 is 2.09 bits per heavy atom. The van der Waals surface area contributed by atoms with Gasteiger partial charge in [0.1, 0.15) is 0 Å². The maximum atomic E-state index is 6.50. The highest BCUT2D eigenvalue weighted by atomic mass is 14.7. The van der Waals surface area contributed by atoms with Crippen LogP contribution in [-0.2, 0) is 0 Å². The molecule has 1 aliphatic carbocycles. The minimum Gasteiger partial charge on any atom is -0.261 e. The van der Waals surface area contributed by atoms with Crippen LogP contribution in [0.15, 0.2) is 24.4 Å². The fraction of sp³-hybridized carbons (Fsp3) is 0.333. The molecule has 0 aromatic carbocycles. The van der Waals surface area contributed by atoms with E-state index in [0.29, 0.717) is 0 Å². The molecule has 0 saturated heterocycles. The summed E-state index contributed by atoms with van der Waals surface area (Å²) in [5.74, 6) is 0.797. The fourth-order valence-electron chi connectivity index (χ4n) is 0.997. The van der Waals surface area contributed by atoms with Gasteiger partial charge in [-0.2, -0.15) is 0 Å². The lowest BCUT2D eigenvalue weighted by Gasteiger charge is -1.91. The highest BCUT2D eigenvalue weighted by Crippen LogP contribution is 2.38. The molecule has 1 saturated carbocycles. The van der Waals surface area contributed by atoms with Gasteiger partial charge in [0.25, 0.3) is 0 Å². The van der Waals surface area contributed by atoms with E-state index >= 15 is 0 Å². The van der Waals surface area contributed by atoms with Crippen molar-refractivity contribution in [3.63, 3.8) is 0 Å². The first-order valence-electron chi connectivity index (χ1n) is 3.63. The van der Waals surface area contributed by atoms with Crippen molar-refractivity contribution in [3.8, 4) is 6.57 Å². The molecule has 11 heavy (non-hydrogen) atoms. The SMILES string of the molecule is C#N.c1ccc(C2CC2)nc1. The van der Waals surface area contributed by atoms with Crippen molar-refractivity contribution in [2.75, 3.05) is 0 Å². The summed E-state index contributed by atoms with van der Waals surface area (Å²) in [7, 11) is 0. The van der Waals surface area contributed by atoms with Crippen molar-refractivity contribution in [3.05, 3.63) is 30.1 Å². The molecule has 1 heterocycles. The Balaban J connectivity index is 0.000000281. The first-order valence-corrected chi connectivity index (χ1v) is 3.63. The Hall–Kier alpha value is -1.36. The topological polar surface area (TPSA) is 36.7 Å². The van der Waals surface area contributed by atoms with Gasteiger partial charge in [0.15, 0.2) is 0 Å². The molecule has 1 aromatic rings. The quantitative estimate of drug-likeness (QED) is 0.608. The molecule has 0 bridgehead atoms. The number of pyridine rings is 1. The van der Waals surface area contributed by atoms with Crippen molar-refractivity contribution >= 4 is 0 Å². The predicted molar refractivity (Wildman–Crippen MR) is 42.9 cm³/mol. The lowest BCUT2D eigenvalue weighted by atomic mass is 10.3. The van der Waals surface area contributed by atoms with Gasteiger partial charge in [0.05, 0.1) is 0 Å². The van der Waals surface area contributed by atoms with Crippen LogP contribution in [0.4, 0.5) is 0 Å². The predicted octanol–water partition coefficient (Wildman–Crippen LogP) is 2.10. The largest absolute Gasteiger partial charge is 0.261 e. The number of nitrogens with zero attached hydrogens (tertiary/aromatic N) is 2. The average molecular weight is 146 g/mol. The van der Waals surface area contributed by atoms with Gasteiger partial charge in [-0.1, -0.05) is 6.07 Å². The molecule has 56 valence electrons. The minimum absolute atomic E-state index is 0.797. The molecular formula is C9H10N2. The summed E-state index contributed by atoms with van der Waals surface area (Å²) in [5, 5.41) is 6.50. The smallest absolute Gasteiger partial charge is 0.0462 e. The zero-order chi connectivity index (χ0) is 8.10. The molecule has 2 nitrogen and oxygen atoms in total. The first-order chi connectivity index (χ1) is 5.47. The molecule has 0 amide bonds. The Morgan fingerprint density at radius 1 is 1.36 bits per heavy atom. The Morgan fingerprint density at radius 3 is 2.55 bits per heavy atom. The van der Waals surface area contributed by atoms with Gasteiger partial charge in [-0.25, -0.2) is 5.26 Å². The molecule has 1 fully saturated rings. The molecule has 1 aliphatic rings. The molecule has 0 spiro atoms. The van der Waals surface area contributed by atoms with Crippen LogP contribution in [0.1, 0.15) is 24.5 Å². The van der Waals surface area contributed by atoms with E-state index in [1.54, 1.807) is 0 Å². The van der Waals surface area contributed by atoms with Gasteiger partial charge in [0.2, 0.25) is 0 Å².